The molecule has 0 amide bonds. The molecule has 7 nitrogen and oxygen atoms in total. The van der Waals surface area contributed by atoms with Crippen molar-refractivity contribution >= 4 is 11.6 Å². The maximum absolute atomic E-state index is 9.88. The van der Waals surface area contributed by atoms with Crippen LogP contribution >= 0.6 is 0 Å². The van der Waals surface area contributed by atoms with Crippen molar-refractivity contribution in [3.05, 3.63) is 41.5 Å². The van der Waals surface area contributed by atoms with E-state index >= 15 is 0 Å². The van der Waals surface area contributed by atoms with Gasteiger partial charge >= 0.3 is 6.01 Å². The van der Waals surface area contributed by atoms with Gasteiger partial charge in [0.1, 0.15) is 12.4 Å². The first-order valence-corrected chi connectivity index (χ1v) is 9.23. The number of hydrogen-bond donors (Lipinski definition) is 1. The summed E-state index contributed by atoms with van der Waals surface area (Å²) in [5.41, 5.74) is 1.31. The molecule has 0 atom stereocenters. The monoisotopic (exact) mass is 371 g/mol. The van der Waals surface area contributed by atoms with E-state index in [4.69, 9.17) is 4.74 Å². The lowest BCUT2D eigenvalue weighted by molar-refractivity contribution is 0.0251. The molecule has 1 aromatic heterocycles. The van der Waals surface area contributed by atoms with Crippen LogP contribution in [0.5, 0.6) is 6.01 Å². The van der Waals surface area contributed by atoms with Crippen molar-refractivity contribution < 1.29 is 9.84 Å². The van der Waals surface area contributed by atoms with Gasteiger partial charge in [0, 0.05) is 19.2 Å². The number of aliphatic hydroxyl groups is 1. The van der Waals surface area contributed by atoms with Gasteiger partial charge in [-0.05, 0) is 40.2 Å². The predicted molar refractivity (Wildman–Crippen MR) is 107 cm³/mol. The minimum Gasteiger partial charge on any atom is -0.460 e. The van der Waals surface area contributed by atoms with Crippen LogP contribution in [0.4, 0.5) is 11.6 Å². The average Bonchev–Trinajstić information content (AvgIpc) is 2.61. The number of aromatic nitrogens is 2. The Bertz CT molecular complexity index is 767. The molecular weight excluding hydrogens is 342 g/mol. The van der Waals surface area contributed by atoms with Gasteiger partial charge in [0.25, 0.3) is 0 Å². The first-order chi connectivity index (χ1) is 12.8. The molecule has 0 saturated heterocycles. The normalized spacial score (nSPS) is 11.8. The zero-order chi connectivity index (χ0) is 19.9. The van der Waals surface area contributed by atoms with Crippen LogP contribution in [-0.4, -0.2) is 40.4 Å². The van der Waals surface area contributed by atoms with Crippen molar-refractivity contribution in [1.82, 2.24) is 9.97 Å². The van der Waals surface area contributed by atoms with Crippen molar-refractivity contribution in [1.29, 1.82) is 0 Å². The van der Waals surface area contributed by atoms with E-state index in [1.54, 1.807) is 19.9 Å². The number of ether oxygens (including phenoxy) is 1. The molecule has 2 rings (SSSR count). The van der Waals surface area contributed by atoms with E-state index < -0.39 is 5.60 Å². The Labute approximate surface area is 161 Å². The third-order valence-corrected chi connectivity index (χ3v) is 3.83. The molecule has 1 aromatic carbocycles. The molecule has 0 fully saturated rings. The van der Waals surface area contributed by atoms with Crippen LogP contribution in [0.25, 0.3) is 0 Å². The molecule has 146 valence electrons. The predicted octanol–water partition coefficient (Wildman–Crippen LogP) is 4.06. The van der Waals surface area contributed by atoms with Gasteiger partial charge in [-0.3, -0.25) is 0 Å². The van der Waals surface area contributed by atoms with E-state index in [1.165, 1.54) is 5.56 Å². The van der Waals surface area contributed by atoms with Gasteiger partial charge in [0.05, 0.1) is 12.1 Å². The molecule has 0 saturated carbocycles. The highest BCUT2D eigenvalue weighted by molar-refractivity contribution is 5.47. The number of rotatable bonds is 9. The zero-order valence-electron chi connectivity index (χ0n) is 16.8. The summed E-state index contributed by atoms with van der Waals surface area (Å²) in [6.07, 6.45) is 0. The number of benzene rings is 1. The van der Waals surface area contributed by atoms with E-state index in [2.05, 4.69) is 45.0 Å². The summed E-state index contributed by atoms with van der Waals surface area (Å²) >= 11 is 0. The minimum absolute atomic E-state index is 0.0918. The van der Waals surface area contributed by atoms with Crippen LogP contribution in [0.2, 0.25) is 0 Å². The van der Waals surface area contributed by atoms with Gasteiger partial charge in [-0.2, -0.15) is 15.1 Å². The van der Waals surface area contributed by atoms with Gasteiger partial charge < -0.3 is 14.7 Å². The SMILES string of the molecule is CCN(CC)c1cc(N=NCc2cccc(C)c2)nc(OCC(C)(C)O)n1. The quantitative estimate of drug-likeness (QED) is 0.672. The Kier molecular flexibility index (Phi) is 7.24. The second-order valence-corrected chi connectivity index (χ2v) is 7.03. The van der Waals surface area contributed by atoms with Crippen LogP contribution in [0.15, 0.2) is 40.6 Å². The molecule has 0 aliphatic rings. The summed E-state index contributed by atoms with van der Waals surface area (Å²) in [6, 6.07) is 10.1. The molecule has 0 spiro atoms. The second kappa shape index (κ2) is 9.41. The summed E-state index contributed by atoms with van der Waals surface area (Å²) in [7, 11) is 0. The molecular formula is C20H29N5O2. The molecule has 1 heterocycles. The minimum atomic E-state index is -0.971. The third-order valence-electron chi connectivity index (χ3n) is 3.83. The fraction of sp³-hybridized carbons (Fsp3) is 0.500. The standard InChI is InChI=1S/C20H29N5O2/c1-6-25(7-2)18-12-17(22-19(23-18)27-14-20(4,5)26)24-21-13-16-10-8-9-15(3)11-16/h8-12,26H,6-7,13-14H2,1-5H3. The molecule has 0 aliphatic heterocycles. The fourth-order valence-corrected chi connectivity index (χ4v) is 2.47. The molecule has 27 heavy (non-hydrogen) atoms. The number of anilines is 1. The van der Waals surface area contributed by atoms with Crippen LogP contribution in [0.1, 0.15) is 38.8 Å². The Morgan fingerprint density at radius 1 is 1.15 bits per heavy atom. The summed E-state index contributed by atoms with van der Waals surface area (Å²) in [5, 5.41) is 18.4. The van der Waals surface area contributed by atoms with Crippen molar-refractivity contribution in [2.45, 2.75) is 46.8 Å². The highest BCUT2D eigenvalue weighted by Gasteiger charge is 2.16. The van der Waals surface area contributed by atoms with E-state index in [9.17, 15) is 5.11 Å². The smallest absolute Gasteiger partial charge is 0.320 e. The van der Waals surface area contributed by atoms with Crippen molar-refractivity contribution in [2.75, 3.05) is 24.6 Å². The highest BCUT2D eigenvalue weighted by atomic mass is 16.5. The molecule has 2 aromatic rings. The molecule has 1 N–H and O–H groups in total. The van der Waals surface area contributed by atoms with Crippen LogP contribution in [-0.2, 0) is 6.54 Å². The number of nitrogens with zero attached hydrogens (tertiary/aromatic N) is 5. The summed E-state index contributed by atoms with van der Waals surface area (Å²) in [5.74, 6) is 1.16. The zero-order valence-corrected chi connectivity index (χ0v) is 16.8. The van der Waals surface area contributed by atoms with Crippen LogP contribution < -0.4 is 9.64 Å². The third kappa shape index (κ3) is 6.94. The summed E-state index contributed by atoms with van der Waals surface area (Å²) in [6.45, 7) is 11.7. The summed E-state index contributed by atoms with van der Waals surface area (Å²) in [4.78, 5) is 10.8. The first kappa shape index (κ1) is 20.8. The van der Waals surface area contributed by atoms with Gasteiger partial charge in [-0.15, -0.1) is 5.11 Å². The molecule has 0 bridgehead atoms. The van der Waals surface area contributed by atoms with E-state index in [-0.39, 0.29) is 12.6 Å². The van der Waals surface area contributed by atoms with E-state index in [1.807, 2.05) is 25.1 Å². The Morgan fingerprint density at radius 2 is 1.89 bits per heavy atom. The van der Waals surface area contributed by atoms with Crippen molar-refractivity contribution in [2.24, 2.45) is 10.2 Å². The van der Waals surface area contributed by atoms with Crippen LogP contribution in [0, 0.1) is 6.92 Å². The fourth-order valence-electron chi connectivity index (χ4n) is 2.47. The largest absolute Gasteiger partial charge is 0.460 e. The molecule has 0 radical (unpaired) electrons. The first-order valence-electron chi connectivity index (χ1n) is 9.23. The highest BCUT2D eigenvalue weighted by Crippen LogP contribution is 2.22. The molecule has 0 aliphatic carbocycles. The lowest BCUT2D eigenvalue weighted by Gasteiger charge is -2.21. The lowest BCUT2D eigenvalue weighted by Crippen LogP contribution is -2.29. The Hall–Kier alpha value is -2.54. The topological polar surface area (TPSA) is 83.2 Å². The molecule has 0 unspecified atom stereocenters. The van der Waals surface area contributed by atoms with Gasteiger partial charge in [0.15, 0.2) is 5.82 Å². The van der Waals surface area contributed by atoms with Gasteiger partial charge in [0.2, 0.25) is 0 Å². The number of hydrogen-bond acceptors (Lipinski definition) is 7. The Morgan fingerprint density at radius 3 is 2.52 bits per heavy atom. The summed E-state index contributed by atoms with van der Waals surface area (Å²) < 4.78 is 5.57. The van der Waals surface area contributed by atoms with Crippen molar-refractivity contribution in [3.8, 4) is 6.01 Å². The van der Waals surface area contributed by atoms with E-state index in [0.29, 0.717) is 12.4 Å². The van der Waals surface area contributed by atoms with Gasteiger partial charge in [-0.1, -0.05) is 29.8 Å². The maximum atomic E-state index is 9.88. The lowest BCUT2D eigenvalue weighted by atomic mass is 10.1. The number of aryl methyl sites for hydroxylation is 1. The number of azo groups is 1. The van der Waals surface area contributed by atoms with Crippen molar-refractivity contribution in [3.63, 3.8) is 0 Å². The Balaban J connectivity index is 2.21. The maximum Gasteiger partial charge on any atom is 0.320 e. The van der Waals surface area contributed by atoms with Crippen LogP contribution in [0.3, 0.4) is 0 Å². The molecule has 7 heteroatoms. The van der Waals surface area contributed by atoms with Gasteiger partial charge in [-0.25, -0.2) is 0 Å². The van der Waals surface area contributed by atoms with E-state index in [0.717, 1.165) is 24.5 Å². The second-order valence-electron chi connectivity index (χ2n) is 7.03. The average molecular weight is 371 g/mol.